The molecule has 32 heavy (non-hydrogen) atoms. The zero-order valence-electron chi connectivity index (χ0n) is 18.6. The van der Waals surface area contributed by atoms with Gasteiger partial charge in [-0.15, -0.1) is 0 Å². The van der Waals surface area contributed by atoms with Crippen molar-refractivity contribution in [2.75, 3.05) is 19.8 Å². The van der Waals surface area contributed by atoms with Crippen LogP contribution in [0.25, 0.3) is 12.2 Å². The molecule has 2 aliphatic carbocycles. The summed E-state index contributed by atoms with van der Waals surface area (Å²) < 4.78 is 31.3. The van der Waals surface area contributed by atoms with E-state index in [1.54, 1.807) is 6.20 Å². The van der Waals surface area contributed by atoms with E-state index in [4.69, 9.17) is 14.2 Å². The van der Waals surface area contributed by atoms with Gasteiger partial charge < -0.3 is 19.2 Å². The number of nitrogens with one attached hydrogen (secondary N) is 1. The maximum atomic E-state index is 12.9. The molecule has 172 valence electrons. The third kappa shape index (κ3) is 4.67. The van der Waals surface area contributed by atoms with E-state index in [9.17, 15) is 4.21 Å². The van der Waals surface area contributed by atoms with Crippen LogP contribution in [0.4, 0.5) is 0 Å². The summed E-state index contributed by atoms with van der Waals surface area (Å²) in [5, 5.41) is 2.37. The van der Waals surface area contributed by atoms with E-state index >= 15 is 0 Å². The minimum absolute atomic E-state index is 0.203. The topological polar surface area (TPSA) is 86.3 Å². The summed E-state index contributed by atoms with van der Waals surface area (Å²) in [4.78, 5) is 12.2. The van der Waals surface area contributed by atoms with E-state index in [1.165, 1.54) is 19.3 Å². The molecule has 3 aliphatic rings. The highest BCUT2D eigenvalue weighted by atomic mass is 32.2. The molecule has 5 rings (SSSR count). The van der Waals surface area contributed by atoms with Crippen LogP contribution < -0.4 is 15.4 Å². The minimum atomic E-state index is -1.30. The molecule has 1 spiro atoms. The van der Waals surface area contributed by atoms with Crippen molar-refractivity contribution in [3.63, 3.8) is 0 Å². The number of nitrogens with zero attached hydrogens (tertiary/aromatic N) is 2. The number of H-pyrrole nitrogens is 1. The molecule has 0 radical (unpaired) electrons. The van der Waals surface area contributed by atoms with Crippen LogP contribution in [-0.2, 0) is 26.0 Å². The molecule has 1 saturated carbocycles. The van der Waals surface area contributed by atoms with Crippen molar-refractivity contribution < 1.29 is 18.4 Å². The van der Waals surface area contributed by atoms with Gasteiger partial charge in [0.25, 0.3) is 0 Å². The molecule has 1 aliphatic heterocycles. The van der Waals surface area contributed by atoms with E-state index in [0.29, 0.717) is 30.7 Å². The average Bonchev–Trinajstić information content (AvgIpc) is 3.26. The largest absolute Gasteiger partial charge is 0.493 e. The summed E-state index contributed by atoms with van der Waals surface area (Å²) in [5.74, 6) is 0.923. The number of imidazole rings is 1. The van der Waals surface area contributed by atoms with Gasteiger partial charge in [0.2, 0.25) is 0 Å². The fraction of sp³-hybridized carbons (Fsp3) is 0.583. The summed E-state index contributed by atoms with van der Waals surface area (Å²) in [6.45, 7) is 3.82. The molecule has 3 heterocycles. The Bertz CT molecular complexity index is 1060. The lowest BCUT2D eigenvalue weighted by Gasteiger charge is -2.42. The van der Waals surface area contributed by atoms with E-state index in [-0.39, 0.29) is 11.7 Å². The molecule has 8 heteroatoms. The average molecular weight is 458 g/mol. The third-order valence-electron chi connectivity index (χ3n) is 6.59. The van der Waals surface area contributed by atoms with Gasteiger partial charge in [0, 0.05) is 30.5 Å². The number of hydrogen-bond acceptors (Lipinski definition) is 6. The minimum Gasteiger partial charge on any atom is -0.493 e. The number of aromatic nitrogens is 3. The Hall–Kier alpha value is -2.03. The number of rotatable bonds is 6. The van der Waals surface area contributed by atoms with Crippen LogP contribution in [0.1, 0.15) is 56.2 Å². The second-order valence-corrected chi connectivity index (χ2v) is 10.3. The summed E-state index contributed by atoms with van der Waals surface area (Å²) in [7, 11) is -1.30. The molecule has 2 aromatic rings. The van der Waals surface area contributed by atoms with Crippen molar-refractivity contribution in [3.8, 4) is 5.75 Å². The van der Waals surface area contributed by atoms with Crippen molar-refractivity contribution in [1.29, 1.82) is 0 Å². The molecular formula is C24H31N3O4S. The van der Waals surface area contributed by atoms with E-state index in [2.05, 4.69) is 27.1 Å². The first-order valence-electron chi connectivity index (χ1n) is 11.6. The Labute approximate surface area is 190 Å². The molecule has 0 amide bonds. The van der Waals surface area contributed by atoms with Crippen molar-refractivity contribution in [2.24, 2.45) is 5.92 Å². The number of hydrogen-bond donors (Lipinski definition) is 1. The van der Waals surface area contributed by atoms with Gasteiger partial charge in [-0.3, -0.25) is 9.19 Å². The monoisotopic (exact) mass is 457 g/mol. The Morgan fingerprint density at radius 3 is 2.75 bits per heavy atom. The molecule has 1 unspecified atom stereocenters. The number of pyridine rings is 1. The molecule has 0 bridgehead atoms. The van der Waals surface area contributed by atoms with Gasteiger partial charge in [-0.2, -0.15) is 0 Å². The van der Waals surface area contributed by atoms with Crippen LogP contribution in [0.5, 0.6) is 5.75 Å². The van der Waals surface area contributed by atoms with Crippen LogP contribution in [0.2, 0.25) is 0 Å². The smallest absolute Gasteiger partial charge is 0.197 e. The quantitative estimate of drug-likeness (QED) is 0.717. The van der Waals surface area contributed by atoms with Gasteiger partial charge in [-0.05, 0) is 38.7 Å². The van der Waals surface area contributed by atoms with E-state index in [0.717, 1.165) is 53.4 Å². The maximum absolute atomic E-state index is 12.9. The first kappa shape index (κ1) is 21.8. The van der Waals surface area contributed by atoms with Gasteiger partial charge in [-0.25, -0.2) is 4.98 Å². The highest BCUT2D eigenvalue weighted by Crippen LogP contribution is 2.36. The van der Waals surface area contributed by atoms with Crippen molar-refractivity contribution in [1.82, 2.24) is 15.0 Å². The fourth-order valence-electron chi connectivity index (χ4n) is 4.61. The summed E-state index contributed by atoms with van der Waals surface area (Å²) in [5.41, 5.74) is 1.68. The lowest BCUT2D eigenvalue weighted by Crippen LogP contribution is -2.46. The second-order valence-electron chi connectivity index (χ2n) is 8.97. The number of ether oxygens (including phenoxy) is 3. The lowest BCUT2D eigenvalue weighted by atomic mass is 9.93. The highest BCUT2D eigenvalue weighted by molar-refractivity contribution is 7.84. The van der Waals surface area contributed by atoms with Crippen LogP contribution in [0.15, 0.2) is 17.4 Å². The standard InChI is InChI=1S/C24H31N3O4S/c1-17-21(16-32(28)23-26-19-7-3-4-8-20(19)27-23)25-12-9-22(17)29-13-18-14-30-24(31-15-18)10-5-2-6-11-24/h7-9,12,18H,2-6,10-11,13-16H2,1H3,(H,26,27). The molecule has 2 aromatic heterocycles. The zero-order valence-corrected chi connectivity index (χ0v) is 19.4. The molecule has 1 saturated heterocycles. The summed E-state index contributed by atoms with van der Waals surface area (Å²) in [6.07, 6.45) is 13.5. The second kappa shape index (κ2) is 9.45. The van der Waals surface area contributed by atoms with E-state index in [1.807, 2.05) is 13.0 Å². The summed E-state index contributed by atoms with van der Waals surface area (Å²) in [6, 6.07) is 1.87. The van der Waals surface area contributed by atoms with Gasteiger partial charge in [0.15, 0.2) is 10.9 Å². The molecule has 0 aromatic carbocycles. The Kier molecular flexibility index (Phi) is 6.44. The predicted octanol–water partition coefficient (Wildman–Crippen LogP) is 2.48. The Balaban J connectivity index is 1.19. The third-order valence-corrected chi connectivity index (χ3v) is 7.75. The normalized spacial score (nSPS) is 21.4. The lowest BCUT2D eigenvalue weighted by molar-refractivity contribution is -0.296. The van der Waals surface area contributed by atoms with Crippen molar-refractivity contribution >= 4 is 23.0 Å². The Morgan fingerprint density at radius 1 is 1.19 bits per heavy atom. The highest BCUT2D eigenvalue weighted by Gasteiger charge is 2.38. The first-order chi connectivity index (χ1) is 15.6. The van der Waals surface area contributed by atoms with Crippen molar-refractivity contribution in [3.05, 3.63) is 34.2 Å². The van der Waals surface area contributed by atoms with Crippen LogP contribution in [0, 0.1) is 12.8 Å². The molecule has 2 fully saturated rings. The number of aromatic amines is 1. The SMILES string of the molecule is Cc1c(OCC2COC3(CCCCC3)OC2)ccnc1CS(=O)c1nc2c([nH]1)=CCCC=2. The molecular weight excluding hydrogens is 426 g/mol. The predicted molar refractivity (Wildman–Crippen MR) is 122 cm³/mol. The zero-order chi connectivity index (χ0) is 22.0. The fourth-order valence-corrected chi connectivity index (χ4v) is 5.71. The summed E-state index contributed by atoms with van der Waals surface area (Å²) >= 11 is 0. The van der Waals surface area contributed by atoms with Crippen LogP contribution in [0.3, 0.4) is 0 Å². The first-order valence-corrected chi connectivity index (χ1v) is 12.9. The van der Waals surface area contributed by atoms with Crippen LogP contribution >= 0.6 is 0 Å². The Morgan fingerprint density at radius 2 is 1.97 bits per heavy atom. The van der Waals surface area contributed by atoms with E-state index < -0.39 is 10.8 Å². The molecule has 1 N–H and O–H groups in total. The van der Waals surface area contributed by atoms with Gasteiger partial charge in [0.1, 0.15) is 5.75 Å². The number of fused-ring (bicyclic) bond motifs is 1. The van der Waals surface area contributed by atoms with Gasteiger partial charge >= 0.3 is 0 Å². The van der Waals surface area contributed by atoms with Crippen molar-refractivity contribution in [2.45, 2.75) is 68.6 Å². The van der Waals surface area contributed by atoms with Crippen LogP contribution in [-0.4, -0.2) is 44.8 Å². The van der Waals surface area contributed by atoms with Gasteiger partial charge in [-0.1, -0.05) is 18.6 Å². The molecule has 1 atom stereocenters. The van der Waals surface area contributed by atoms with Gasteiger partial charge in [0.05, 0.1) is 52.8 Å². The maximum Gasteiger partial charge on any atom is 0.197 e. The molecule has 7 nitrogen and oxygen atoms in total.